The topological polar surface area (TPSA) is 23.4 Å². The van der Waals surface area contributed by atoms with Crippen LogP contribution < -0.4 is 25.9 Å². The molecular formula is C28H14BNO2. The number of rotatable bonds is 1. The van der Waals surface area contributed by atoms with Crippen LogP contribution in [-0.4, -0.2) is 11.3 Å². The third kappa shape index (κ3) is 1.57. The molecule has 0 N–H and O–H groups in total. The van der Waals surface area contributed by atoms with Crippen molar-refractivity contribution in [1.29, 1.82) is 0 Å². The van der Waals surface area contributed by atoms with E-state index in [1.807, 2.05) is 6.07 Å². The lowest BCUT2D eigenvalue weighted by Crippen LogP contribution is -2.58. The van der Waals surface area contributed by atoms with E-state index in [4.69, 9.17) is 9.47 Å². The van der Waals surface area contributed by atoms with Gasteiger partial charge in [0.1, 0.15) is 23.0 Å². The minimum absolute atomic E-state index is 0.130. The standard InChI is InChI=1S/C28H14BNO2/c1-2-5-16(6-3-1)30-17-11-9-15-10-13-21-27-23(15)24(17)25-18(30)12-14-22-28(25)29(27)26-19(31-21)7-4-8-20(26)32-22/h1-14H. The summed E-state index contributed by atoms with van der Waals surface area (Å²) in [6.45, 7) is 0.130. The third-order valence-corrected chi connectivity index (χ3v) is 7.43. The monoisotopic (exact) mass is 407 g/mol. The van der Waals surface area contributed by atoms with Gasteiger partial charge in [-0.1, -0.05) is 36.4 Å². The van der Waals surface area contributed by atoms with Gasteiger partial charge in [-0.3, -0.25) is 0 Å². The molecule has 4 heterocycles. The van der Waals surface area contributed by atoms with Gasteiger partial charge < -0.3 is 14.0 Å². The zero-order valence-electron chi connectivity index (χ0n) is 16.9. The van der Waals surface area contributed by atoms with E-state index in [2.05, 4.69) is 83.4 Å². The van der Waals surface area contributed by atoms with Gasteiger partial charge in [0.15, 0.2) is 0 Å². The smallest absolute Gasteiger partial charge is 0.262 e. The Kier molecular flexibility index (Phi) is 2.44. The molecule has 0 atom stereocenters. The average Bonchev–Trinajstić information content (AvgIpc) is 3.19. The summed E-state index contributed by atoms with van der Waals surface area (Å²) < 4.78 is 15.3. The lowest BCUT2D eigenvalue weighted by atomic mass is 9.32. The fourth-order valence-corrected chi connectivity index (χ4v) is 6.29. The highest BCUT2D eigenvalue weighted by atomic mass is 16.5. The van der Waals surface area contributed by atoms with E-state index in [9.17, 15) is 0 Å². The van der Waals surface area contributed by atoms with Crippen LogP contribution in [0.3, 0.4) is 0 Å². The van der Waals surface area contributed by atoms with Crippen LogP contribution in [0.5, 0.6) is 23.0 Å². The molecule has 3 nitrogen and oxygen atoms in total. The van der Waals surface area contributed by atoms with Crippen LogP contribution in [0, 0.1) is 0 Å². The maximum Gasteiger partial charge on any atom is 0.262 e. The van der Waals surface area contributed by atoms with E-state index in [-0.39, 0.29) is 6.71 Å². The molecule has 0 saturated heterocycles. The molecule has 0 amide bonds. The fraction of sp³-hybridized carbons (Fsp3) is 0. The molecular weight excluding hydrogens is 393 g/mol. The highest BCUT2D eigenvalue weighted by Crippen LogP contribution is 2.45. The van der Waals surface area contributed by atoms with Gasteiger partial charge in [0, 0.05) is 21.9 Å². The quantitative estimate of drug-likeness (QED) is 0.359. The van der Waals surface area contributed by atoms with Crippen molar-refractivity contribution in [2.75, 3.05) is 0 Å². The fourth-order valence-electron chi connectivity index (χ4n) is 6.29. The molecule has 3 aliphatic rings. The Morgan fingerprint density at radius 1 is 0.500 bits per heavy atom. The molecule has 6 aromatic rings. The van der Waals surface area contributed by atoms with Crippen LogP contribution in [0.15, 0.2) is 84.9 Å². The second-order valence-electron chi connectivity index (χ2n) is 8.88. The Morgan fingerprint density at radius 2 is 1.12 bits per heavy atom. The zero-order chi connectivity index (χ0) is 20.6. The number of para-hydroxylation sites is 1. The zero-order valence-corrected chi connectivity index (χ0v) is 16.9. The Hall–Kier alpha value is -4.18. The molecule has 0 aliphatic carbocycles. The van der Waals surface area contributed by atoms with Gasteiger partial charge in [-0.15, -0.1) is 0 Å². The van der Waals surface area contributed by atoms with Crippen molar-refractivity contribution in [2.24, 2.45) is 0 Å². The third-order valence-electron chi connectivity index (χ3n) is 7.43. The lowest BCUT2D eigenvalue weighted by molar-refractivity contribution is 0.465. The molecule has 0 unspecified atom stereocenters. The Balaban J connectivity index is 1.60. The summed E-state index contributed by atoms with van der Waals surface area (Å²) in [5, 5.41) is 5.19. The van der Waals surface area contributed by atoms with Crippen LogP contribution >= 0.6 is 0 Å². The molecule has 0 radical (unpaired) electrons. The van der Waals surface area contributed by atoms with Crippen LogP contribution in [0.1, 0.15) is 0 Å². The van der Waals surface area contributed by atoms with Crippen molar-refractivity contribution in [3.05, 3.63) is 84.9 Å². The van der Waals surface area contributed by atoms with Crippen molar-refractivity contribution >= 4 is 55.7 Å². The van der Waals surface area contributed by atoms with Crippen molar-refractivity contribution in [1.82, 2.24) is 4.57 Å². The molecule has 146 valence electrons. The van der Waals surface area contributed by atoms with Crippen LogP contribution in [0.2, 0.25) is 0 Å². The maximum absolute atomic E-state index is 6.47. The maximum atomic E-state index is 6.47. The summed E-state index contributed by atoms with van der Waals surface area (Å²) in [7, 11) is 0. The predicted molar refractivity (Wildman–Crippen MR) is 130 cm³/mol. The van der Waals surface area contributed by atoms with Crippen molar-refractivity contribution in [2.45, 2.75) is 0 Å². The minimum Gasteiger partial charge on any atom is -0.458 e. The number of hydrogen-bond acceptors (Lipinski definition) is 2. The number of benzene rings is 5. The number of hydrogen-bond donors (Lipinski definition) is 0. The van der Waals surface area contributed by atoms with Crippen molar-refractivity contribution < 1.29 is 9.47 Å². The minimum atomic E-state index is 0.130. The highest BCUT2D eigenvalue weighted by molar-refractivity contribution is 7.02. The normalized spacial score (nSPS) is 14.1. The van der Waals surface area contributed by atoms with Gasteiger partial charge in [0.2, 0.25) is 0 Å². The first-order valence-corrected chi connectivity index (χ1v) is 11.0. The molecule has 0 saturated carbocycles. The highest BCUT2D eigenvalue weighted by Gasteiger charge is 2.45. The molecule has 5 aromatic carbocycles. The first-order chi connectivity index (χ1) is 15.9. The largest absolute Gasteiger partial charge is 0.458 e. The van der Waals surface area contributed by atoms with Gasteiger partial charge in [0.05, 0.1) is 11.0 Å². The SMILES string of the molecule is c1ccc(-n2c3ccc4c5c3c3c6c7c(ccc6ccc32)Oc2cccc(c2B75)O4)cc1. The summed E-state index contributed by atoms with van der Waals surface area (Å²) in [4.78, 5) is 0. The van der Waals surface area contributed by atoms with Crippen molar-refractivity contribution in [3.8, 4) is 28.7 Å². The summed E-state index contributed by atoms with van der Waals surface area (Å²) in [6, 6.07) is 30.0. The number of ether oxygens (including phenoxy) is 2. The number of nitrogens with zero attached hydrogens (tertiary/aromatic N) is 1. The second kappa shape index (κ2) is 5.00. The number of aromatic nitrogens is 1. The molecule has 3 aliphatic heterocycles. The first kappa shape index (κ1) is 15.6. The predicted octanol–water partition coefficient (Wildman–Crippen LogP) is 4.98. The molecule has 9 rings (SSSR count). The Morgan fingerprint density at radius 3 is 1.94 bits per heavy atom. The average molecular weight is 407 g/mol. The molecule has 32 heavy (non-hydrogen) atoms. The van der Waals surface area contributed by atoms with Crippen LogP contribution in [0.25, 0.3) is 38.3 Å². The molecule has 0 spiro atoms. The van der Waals surface area contributed by atoms with Gasteiger partial charge in [0.25, 0.3) is 6.71 Å². The Labute approximate surface area is 183 Å². The van der Waals surface area contributed by atoms with Gasteiger partial charge in [-0.05, 0) is 70.2 Å². The van der Waals surface area contributed by atoms with E-state index < -0.39 is 0 Å². The summed E-state index contributed by atoms with van der Waals surface area (Å²) in [6.07, 6.45) is 0. The van der Waals surface area contributed by atoms with Gasteiger partial charge in [-0.25, -0.2) is 0 Å². The van der Waals surface area contributed by atoms with Crippen molar-refractivity contribution in [3.63, 3.8) is 0 Å². The van der Waals surface area contributed by atoms with Crippen LogP contribution in [0.4, 0.5) is 0 Å². The van der Waals surface area contributed by atoms with Crippen LogP contribution in [-0.2, 0) is 0 Å². The summed E-state index contributed by atoms with van der Waals surface area (Å²) >= 11 is 0. The lowest BCUT2D eigenvalue weighted by Gasteiger charge is -2.35. The van der Waals surface area contributed by atoms with E-state index in [0.717, 1.165) is 28.5 Å². The van der Waals surface area contributed by atoms with Gasteiger partial charge in [-0.2, -0.15) is 0 Å². The van der Waals surface area contributed by atoms with E-state index >= 15 is 0 Å². The Bertz CT molecular complexity index is 1820. The second-order valence-corrected chi connectivity index (χ2v) is 8.88. The van der Waals surface area contributed by atoms with Gasteiger partial charge >= 0.3 is 0 Å². The molecule has 4 heteroatoms. The molecule has 1 aromatic heterocycles. The summed E-state index contributed by atoms with van der Waals surface area (Å²) in [5.74, 6) is 3.72. The first-order valence-electron chi connectivity index (χ1n) is 11.0. The molecule has 0 fully saturated rings. The van der Waals surface area contributed by atoms with E-state index in [0.29, 0.717) is 0 Å². The van der Waals surface area contributed by atoms with E-state index in [1.165, 1.54) is 49.2 Å². The molecule has 0 bridgehead atoms. The summed E-state index contributed by atoms with van der Waals surface area (Å²) in [5.41, 5.74) is 7.34. The van der Waals surface area contributed by atoms with E-state index in [1.54, 1.807) is 0 Å².